The van der Waals surface area contributed by atoms with Gasteiger partial charge in [-0.15, -0.1) is 0 Å². The fourth-order valence-corrected chi connectivity index (χ4v) is 2.69. The van der Waals surface area contributed by atoms with Crippen LogP contribution in [0.2, 0.25) is 5.02 Å². The van der Waals surface area contributed by atoms with Gasteiger partial charge in [0.25, 0.3) is 5.91 Å². The van der Waals surface area contributed by atoms with E-state index in [1.165, 1.54) is 0 Å². The molecule has 0 spiro atoms. The number of aromatic nitrogens is 2. The lowest BCUT2D eigenvalue weighted by Gasteiger charge is -2.17. The third kappa shape index (κ3) is 5.06. The van der Waals surface area contributed by atoms with E-state index in [9.17, 15) is 9.59 Å². The van der Waals surface area contributed by atoms with E-state index in [0.717, 1.165) is 11.4 Å². The number of benzene rings is 1. The van der Waals surface area contributed by atoms with Crippen LogP contribution in [0.15, 0.2) is 24.3 Å². The van der Waals surface area contributed by atoms with E-state index in [1.807, 2.05) is 31.5 Å². The number of nitrogens with zero attached hydrogens (tertiary/aromatic N) is 2. The molecule has 134 valence electrons. The lowest BCUT2D eigenvalue weighted by Crippen LogP contribution is -2.36. The van der Waals surface area contributed by atoms with Gasteiger partial charge >= 0.3 is 0 Å². The van der Waals surface area contributed by atoms with Gasteiger partial charge in [-0.2, -0.15) is 5.10 Å². The molecular formula is C18H23ClN4O2. The van der Waals surface area contributed by atoms with Gasteiger partial charge in [-0.3, -0.25) is 14.3 Å². The summed E-state index contributed by atoms with van der Waals surface area (Å²) >= 11 is 5.99. The molecule has 2 aromatic rings. The van der Waals surface area contributed by atoms with Crippen LogP contribution in [-0.2, 0) is 11.3 Å². The molecule has 6 nitrogen and oxygen atoms in total. The minimum Gasteiger partial charge on any atom is -0.348 e. The number of anilines is 1. The predicted molar refractivity (Wildman–Crippen MR) is 99.0 cm³/mol. The van der Waals surface area contributed by atoms with Gasteiger partial charge in [0, 0.05) is 23.2 Å². The minimum absolute atomic E-state index is 0.129. The number of aryl methyl sites for hydroxylation is 2. The lowest BCUT2D eigenvalue weighted by atomic mass is 10.1. The molecule has 25 heavy (non-hydrogen) atoms. The maximum atomic E-state index is 12.6. The smallest absolute Gasteiger partial charge is 0.253 e. The molecular weight excluding hydrogens is 340 g/mol. The number of carbonyl (C=O) groups excluding carboxylic acids is 2. The van der Waals surface area contributed by atoms with Gasteiger partial charge in [0.15, 0.2) is 0 Å². The number of rotatable bonds is 6. The summed E-state index contributed by atoms with van der Waals surface area (Å²) in [5, 5.41) is 10.5. The van der Waals surface area contributed by atoms with Crippen LogP contribution >= 0.6 is 11.6 Å². The van der Waals surface area contributed by atoms with Gasteiger partial charge < -0.3 is 10.6 Å². The summed E-state index contributed by atoms with van der Waals surface area (Å²) in [6.45, 7) is 8.13. The van der Waals surface area contributed by atoms with Crippen molar-refractivity contribution in [3.63, 3.8) is 0 Å². The zero-order valence-electron chi connectivity index (χ0n) is 14.9. The SMILES string of the molecule is CCC(=O)Nc1cc(Cl)ccc1C(=O)NC(C)Cn1nc(C)cc1C. The second-order valence-corrected chi connectivity index (χ2v) is 6.51. The number of halogens is 1. The summed E-state index contributed by atoms with van der Waals surface area (Å²) < 4.78 is 1.86. The molecule has 1 unspecified atom stereocenters. The third-order valence-corrected chi connectivity index (χ3v) is 3.98. The summed E-state index contributed by atoms with van der Waals surface area (Å²) in [6, 6.07) is 6.68. The van der Waals surface area contributed by atoms with Crippen LogP contribution in [0.3, 0.4) is 0 Å². The van der Waals surface area contributed by atoms with E-state index < -0.39 is 0 Å². The highest BCUT2D eigenvalue weighted by Gasteiger charge is 2.16. The molecule has 1 atom stereocenters. The quantitative estimate of drug-likeness (QED) is 0.827. The van der Waals surface area contributed by atoms with Crippen molar-refractivity contribution < 1.29 is 9.59 Å². The monoisotopic (exact) mass is 362 g/mol. The summed E-state index contributed by atoms with van der Waals surface area (Å²) in [5.74, 6) is -0.441. The maximum Gasteiger partial charge on any atom is 0.253 e. The first kappa shape index (κ1) is 19.0. The van der Waals surface area contributed by atoms with E-state index >= 15 is 0 Å². The molecule has 2 amide bonds. The molecule has 0 aliphatic carbocycles. The number of hydrogen-bond donors (Lipinski definition) is 2. The van der Waals surface area contributed by atoms with Crippen molar-refractivity contribution in [2.45, 2.75) is 46.7 Å². The van der Waals surface area contributed by atoms with Crippen LogP contribution in [0.5, 0.6) is 0 Å². The van der Waals surface area contributed by atoms with Gasteiger partial charge in [-0.05, 0) is 45.0 Å². The van der Waals surface area contributed by atoms with Gasteiger partial charge in [0.2, 0.25) is 5.91 Å². The molecule has 1 heterocycles. The first-order valence-corrected chi connectivity index (χ1v) is 8.59. The average molecular weight is 363 g/mol. The largest absolute Gasteiger partial charge is 0.348 e. The fraction of sp³-hybridized carbons (Fsp3) is 0.389. The van der Waals surface area contributed by atoms with Crippen LogP contribution < -0.4 is 10.6 Å². The predicted octanol–water partition coefficient (Wildman–Crippen LogP) is 3.32. The Balaban J connectivity index is 2.11. The van der Waals surface area contributed by atoms with Crippen molar-refractivity contribution in [1.29, 1.82) is 0 Å². The van der Waals surface area contributed by atoms with Crippen LogP contribution in [0.4, 0.5) is 5.69 Å². The summed E-state index contributed by atoms with van der Waals surface area (Å²) in [6.07, 6.45) is 0.321. The second kappa shape index (κ2) is 8.16. The Morgan fingerprint density at radius 3 is 2.60 bits per heavy atom. The van der Waals surface area contributed by atoms with Gasteiger partial charge in [-0.1, -0.05) is 18.5 Å². The topological polar surface area (TPSA) is 76.0 Å². The summed E-state index contributed by atoms with van der Waals surface area (Å²) in [7, 11) is 0. The highest BCUT2D eigenvalue weighted by atomic mass is 35.5. The van der Waals surface area contributed by atoms with Crippen molar-refractivity contribution in [3.05, 3.63) is 46.2 Å². The molecule has 1 aromatic heterocycles. The first-order chi connectivity index (χ1) is 11.8. The highest BCUT2D eigenvalue weighted by Crippen LogP contribution is 2.21. The van der Waals surface area contributed by atoms with Crippen LogP contribution in [0.1, 0.15) is 42.0 Å². The zero-order valence-corrected chi connectivity index (χ0v) is 15.6. The van der Waals surface area contributed by atoms with E-state index in [-0.39, 0.29) is 17.9 Å². The summed E-state index contributed by atoms with van der Waals surface area (Å²) in [4.78, 5) is 24.3. The molecule has 0 fully saturated rings. The summed E-state index contributed by atoms with van der Waals surface area (Å²) in [5.41, 5.74) is 2.78. The van der Waals surface area contributed by atoms with Crippen LogP contribution in [-0.4, -0.2) is 27.6 Å². The molecule has 2 rings (SSSR count). The second-order valence-electron chi connectivity index (χ2n) is 6.08. The van der Waals surface area contributed by atoms with Gasteiger partial charge in [0.1, 0.15) is 0 Å². The standard InChI is InChI=1S/C18H23ClN4O2/c1-5-17(24)21-16-9-14(19)6-7-15(16)18(25)20-12(3)10-23-13(4)8-11(2)22-23/h6-9,12H,5,10H2,1-4H3,(H,20,25)(H,21,24). The van der Waals surface area contributed by atoms with Crippen LogP contribution in [0.25, 0.3) is 0 Å². The first-order valence-electron chi connectivity index (χ1n) is 8.21. The molecule has 0 aliphatic rings. The number of carbonyl (C=O) groups is 2. The van der Waals surface area contributed by atoms with Crippen molar-refractivity contribution in [1.82, 2.24) is 15.1 Å². The van der Waals surface area contributed by atoms with E-state index in [1.54, 1.807) is 25.1 Å². The zero-order chi connectivity index (χ0) is 18.6. The van der Waals surface area contributed by atoms with E-state index in [2.05, 4.69) is 15.7 Å². The Bertz CT molecular complexity index is 785. The molecule has 0 bridgehead atoms. The Morgan fingerprint density at radius 2 is 2.00 bits per heavy atom. The molecule has 0 saturated carbocycles. The minimum atomic E-state index is -0.267. The number of amides is 2. The normalized spacial score (nSPS) is 11.9. The Morgan fingerprint density at radius 1 is 1.28 bits per heavy atom. The highest BCUT2D eigenvalue weighted by molar-refractivity contribution is 6.31. The molecule has 0 aliphatic heterocycles. The Labute approximate surface area is 152 Å². The molecule has 0 radical (unpaired) electrons. The Hall–Kier alpha value is -2.34. The fourth-order valence-electron chi connectivity index (χ4n) is 2.52. The van der Waals surface area contributed by atoms with Gasteiger partial charge in [-0.25, -0.2) is 0 Å². The van der Waals surface area contributed by atoms with Crippen molar-refractivity contribution in [2.75, 3.05) is 5.32 Å². The molecule has 0 saturated heterocycles. The number of nitrogens with one attached hydrogen (secondary N) is 2. The van der Waals surface area contributed by atoms with E-state index in [4.69, 9.17) is 11.6 Å². The lowest BCUT2D eigenvalue weighted by molar-refractivity contribution is -0.115. The molecule has 2 N–H and O–H groups in total. The van der Waals surface area contributed by atoms with Crippen molar-refractivity contribution in [3.8, 4) is 0 Å². The van der Waals surface area contributed by atoms with Crippen molar-refractivity contribution >= 4 is 29.1 Å². The molecule has 7 heteroatoms. The Kier molecular flexibility index (Phi) is 6.20. The van der Waals surface area contributed by atoms with Crippen LogP contribution in [0, 0.1) is 13.8 Å². The third-order valence-electron chi connectivity index (χ3n) is 3.75. The maximum absolute atomic E-state index is 12.6. The van der Waals surface area contributed by atoms with E-state index in [0.29, 0.717) is 29.2 Å². The molecule has 1 aromatic carbocycles. The number of hydrogen-bond acceptors (Lipinski definition) is 3. The van der Waals surface area contributed by atoms with Crippen molar-refractivity contribution in [2.24, 2.45) is 0 Å². The average Bonchev–Trinajstić information content (AvgIpc) is 2.84. The van der Waals surface area contributed by atoms with Gasteiger partial charge in [0.05, 0.1) is 23.5 Å².